The quantitative estimate of drug-likeness (QED) is 0.646. The smallest absolute Gasteiger partial charge is 0.134 e. The molecule has 17 heavy (non-hydrogen) atoms. The molecule has 0 nitrogen and oxygen atoms in total. The molecule has 2 fully saturated rings. The average Bonchev–Trinajstić information content (AvgIpc) is 2.33. The summed E-state index contributed by atoms with van der Waals surface area (Å²) in [5.74, 6) is 1.43. The van der Waals surface area contributed by atoms with Gasteiger partial charge < -0.3 is 0 Å². The standard InChI is InChI=1S/C15H26F2/c1-10-3-6-12(7-4-10)9-13-8-5-11(2)14(16)15(13)17/h10-15H,3-9H2,1-2H3. The van der Waals surface area contributed by atoms with Gasteiger partial charge in [-0.15, -0.1) is 0 Å². The fourth-order valence-corrected chi connectivity index (χ4v) is 3.61. The molecule has 4 unspecified atom stereocenters. The van der Waals surface area contributed by atoms with Crippen LogP contribution in [-0.2, 0) is 0 Å². The minimum atomic E-state index is -1.21. The summed E-state index contributed by atoms with van der Waals surface area (Å²) in [4.78, 5) is 0. The summed E-state index contributed by atoms with van der Waals surface area (Å²) in [6.07, 6.45) is 5.32. The first-order chi connectivity index (χ1) is 8.08. The van der Waals surface area contributed by atoms with Crippen molar-refractivity contribution in [2.75, 3.05) is 0 Å². The maximum Gasteiger partial charge on any atom is 0.134 e. The Labute approximate surface area is 104 Å². The van der Waals surface area contributed by atoms with Crippen LogP contribution in [0.15, 0.2) is 0 Å². The Kier molecular flexibility index (Phi) is 4.43. The third-order valence-electron chi connectivity index (χ3n) is 5.06. The van der Waals surface area contributed by atoms with Gasteiger partial charge in [0.1, 0.15) is 12.3 Å². The van der Waals surface area contributed by atoms with Crippen molar-refractivity contribution in [2.24, 2.45) is 23.7 Å². The molecule has 0 aromatic heterocycles. The molecule has 0 radical (unpaired) electrons. The number of hydrogen-bond acceptors (Lipinski definition) is 0. The lowest BCUT2D eigenvalue weighted by Crippen LogP contribution is -2.38. The molecule has 0 saturated heterocycles. The van der Waals surface area contributed by atoms with Crippen molar-refractivity contribution >= 4 is 0 Å². The Bertz CT molecular complexity index is 233. The molecule has 2 aliphatic carbocycles. The van der Waals surface area contributed by atoms with Crippen LogP contribution in [0.4, 0.5) is 8.78 Å². The molecular formula is C15H26F2. The molecule has 0 aromatic rings. The van der Waals surface area contributed by atoms with E-state index in [9.17, 15) is 8.78 Å². The highest BCUT2D eigenvalue weighted by atomic mass is 19.2. The molecule has 0 bridgehead atoms. The maximum absolute atomic E-state index is 13.9. The highest BCUT2D eigenvalue weighted by Crippen LogP contribution is 2.40. The fraction of sp³-hybridized carbons (Fsp3) is 1.00. The minimum absolute atomic E-state index is 0.000365. The first-order valence-corrected chi connectivity index (χ1v) is 7.36. The van der Waals surface area contributed by atoms with Crippen molar-refractivity contribution in [3.05, 3.63) is 0 Å². The largest absolute Gasteiger partial charge is 0.244 e. The first kappa shape index (κ1) is 13.3. The molecule has 100 valence electrons. The number of hydrogen-bond donors (Lipinski definition) is 0. The minimum Gasteiger partial charge on any atom is -0.244 e. The summed E-state index contributed by atoms with van der Waals surface area (Å²) < 4.78 is 27.6. The van der Waals surface area contributed by atoms with Gasteiger partial charge in [-0.25, -0.2) is 8.78 Å². The first-order valence-electron chi connectivity index (χ1n) is 7.36. The van der Waals surface area contributed by atoms with Crippen molar-refractivity contribution in [3.63, 3.8) is 0 Å². The molecule has 0 spiro atoms. The zero-order chi connectivity index (χ0) is 12.4. The second-order valence-electron chi connectivity index (χ2n) is 6.57. The number of rotatable bonds is 2. The van der Waals surface area contributed by atoms with E-state index in [0.717, 1.165) is 25.2 Å². The molecule has 2 saturated carbocycles. The third-order valence-corrected chi connectivity index (χ3v) is 5.06. The monoisotopic (exact) mass is 244 g/mol. The summed E-state index contributed by atoms with van der Waals surface area (Å²) in [5, 5.41) is 0. The predicted molar refractivity (Wildman–Crippen MR) is 67.4 cm³/mol. The normalized spacial score (nSPS) is 48.0. The van der Waals surface area contributed by atoms with E-state index in [2.05, 4.69) is 6.92 Å². The number of halogens is 2. The molecule has 4 atom stereocenters. The van der Waals surface area contributed by atoms with Crippen LogP contribution in [-0.4, -0.2) is 12.3 Å². The van der Waals surface area contributed by atoms with Gasteiger partial charge in [-0.3, -0.25) is 0 Å². The Hall–Kier alpha value is -0.140. The summed E-state index contributed by atoms with van der Waals surface area (Å²) in [7, 11) is 0. The van der Waals surface area contributed by atoms with Gasteiger partial charge >= 0.3 is 0 Å². The van der Waals surface area contributed by atoms with Crippen LogP contribution in [0.3, 0.4) is 0 Å². The second-order valence-corrected chi connectivity index (χ2v) is 6.57. The third kappa shape index (κ3) is 3.20. The average molecular weight is 244 g/mol. The van der Waals surface area contributed by atoms with E-state index in [1.54, 1.807) is 0 Å². The lowest BCUT2D eigenvalue weighted by atomic mass is 9.72. The number of alkyl halides is 2. The predicted octanol–water partition coefficient (Wildman–Crippen LogP) is 4.93. The van der Waals surface area contributed by atoms with E-state index >= 15 is 0 Å². The summed E-state index contributed by atoms with van der Waals surface area (Å²) in [6, 6.07) is 0. The lowest BCUT2D eigenvalue weighted by molar-refractivity contribution is 0.0165. The van der Waals surface area contributed by atoms with E-state index in [1.807, 2.05) is 6.92 Å². The molecule has 0 aliphatic heterocycles. The van der Waals surface area contributed by atoms with Crippen LogP contribution < -0.4 is 0 Å². The van der Waals surface area contributed by atoms with Crippen LogP contribution >= 0.6 is 0 Å². The van der Waals surface area contributed by atoms with E-state index < -0.39 is 12.3 Å². The lowest BCUT2D eigenvalue weighted by Gasteiger charge is -2.36. The van der Waals surface area contributed by atoms with Crippen molar-refractivity contribution < 1.29 is 8.78 Å². The summed E-state index contributed by atoms with van der Waals surface area (Å²) in [6.45, 7) is 4.14. The van der Waals surface area contributed by atoms with E-state index in [4.69, 9.17) is 0 Å². The molecule has 0 heterocycles. The fourth-order valence-electron chi connectivity index (χ4n) is 3.61. The van der Waals surface area contributed by atoms with Crippen molar-refractivity contribution in [2.45, 2.75) is 71.1 Å². The Balaban J connectivity index is 1.82. The Morgan fingerprint density at radius 2 is 1.47 bits per heavy atom. The SMILES string of the molecule is CC1CCC(CC2CCC(C)C(F)C2F)CC1. The molecule has 2 rings (SSSR count). The second kappa shape index (κ2) is 5.67. The zero-order valence-corrected chi connectivity index (χ0v) is 11.2. The molecule has 2 heteroatoms. The van der Waals surface area contributed by atoms with Gasteiger partial charge in [0, 0.05) is 0 Å². The molecule has 2 aliphatic rings. The topological polar surface area (TPSA) is 0 Å². The van der Waals surface area contributed by atoms with Gasteiger partial charge in [0.15, 0.2) is 0 Å². The Morgan fingerprint density at radius 3 is 2.12 bits per heavy atom. The van der Waals surface area contributed by atoms with Crippen molar-refractivity contribution in [1.29, 1.82) is 0 Å². The van der Waals surface area contributed by atoms with Gasteiger partial charge in [0.2, 0.25) is 0 Å². The molecular weight excluding hydrogens is 218 g/mol. The van der Waals surface area contributed by atoms with Crippen molar-refractivity contribution in [1.82, 2.24) is 0 Å². The molecule has 0 N–H and O–H groups in total. The highest BCUT2D eigenvalue weighted by molar-refractivity contribution is 4.88. The van der Waals surface area contributed by atoms with Gasteiger partial charge in [0.05, 0.1) is 0 Å². The van der Waals surface area contributed by atoms with Crippen LogP contribution in [0.25, 0.3) is 0 Å². The van der Waals surface area contributed by atoms with E-state index in [1.165, 1.54) is 25.7 Å². The van der Waals surface area contributed by atoms with Crippen LogP contribution in [0.5, 0.6) is 0 Å². The zero-order valence-electron chi connectivity index (χ0n) is 11.2. The summed E-state index contributed by atoms with van der Waals surface area (Å²) >= 11 is 0. The van der Waals surface area contributed by atoms with Gasteiger partial charge in [0.25, 0.3) is 0 Å². The van der Waals surface area contributed by atoms with Crippen molar-refractivity contribution in [3.8, 4) is 0 Å². The van der Waals surface area contributed by atoms with Gasteiger partial charge in [-0.05, 0) is 42.9 Å². The van der Waals surface area contributed by atoms with Crippen LogP contribution in [0, 0.1) is 23.7 Å². The van der Waals surface area contributed by atoms with E-state index in [-0.39, 0.29) is 11.8 Å². The van der Waals surface area contributed by atoms with E-state index in [0.29, 0.717) is 5.92 Å². The molecule has 0 aromatic carbocycles. The summed E-state index contributed by atoms with van der Waals surface area (Å²) in [5.41, 5.74) is 0. The highest BCUT2D eigenvalue weighted by Gasteiger charge is 2.39. The molecule has 0 amide bonds. The van der Waals surface area contributed by atoms with Crippen LogP contribution in [0.1, 0.15) is 58.8 Å². The van der Waals surface area contributed by atoms with Crippen LogP contribution in [0.2, 0.25) is 0 Å². The van der Waals surface area contributed by atoms with Gasteiger partial charge in [-0.2, -0.15) is 0 Å². The maximum atomic E-state index is 13.9. The Morgan fingerprint density at radius 1 is 0.824 bits per heavy atom. The van der Waals surface area contributed by atoms with Gasteiger partial charge in [-0.1, -0.05) is 39.5 Å².